The van der Waals surface area contributed by atoms with Gasteiger partial charge in [0.25, 0.3) is 0 Å². The maximum absolute atomic E-state index is 6.89. The summed E-state index contributed by atoms with van der Waals surface area (Å²) in [6, 6.07) is 0. The minimum absolute atomic E-state index is 0.277. The molecule has 3 heteroatoms. The van der Waals surface area contributed by atoms with Gasteiger partial charge >= 0.3 is 0 Å². The summed E-state index contributed by atoms with van der Waals surface area (Å²) in [6.07, 6.45) is 55.1. The van der Waals surface area contributed by atoms with Gasteiger partial charge in [-0.25, -0.2) is 0 Å². The zero-order valence-corrected chi connectivity index (χ0v) is 32.5. The zero-order valence-electron chi connectivity index (χ0n) is 32.5. The first-order valence-corrected chi connectivity index (χ1v) is 21.4. The molecule has 2 fully saturated rings. The Bertz CT molecular complexity index is 781. The quantitative estimate of drug-likeness (QED) is 0.0526. The molecular weight excluding hydrogens is 587 g/mol. The molecule has 0 aromatic heterocycles. The first-order valence-electron chi connectivity index (χ1n) is 21.4. The highest BCUT2D eigenvalue weighted by Gasteiger charge is 2.48. The predicted octanol–water partition coefficient (Wildman–Crippen LogP) is 14.0. The first-order chi connectivity index (χ1) is 23.7. The van der Waals surface area contributed by atoms with E-state index in [2.05, 4.69) is 74.3 Å². The predicted molar refractivity (Wildman–Crippen MR) is 212 cm³/mol. The Labute approximate surface area is 300 Å². The average molecular weight is 668 g/mol. The van der Waals surface area contributed by atoms with Gasteiger partial charge in [-0.05, 0) is 96.4 Å². The molecule has 2 atom stereocenters. The van der Waals surface area contributed by atoms with E-state index in [1.165, 1.54) is 161 Å². The number of allylic oxidation sites excluding steroid dienone is 8. The Kier molecular flexibility index (Phi) is 27.5. The molecule has 0 spiro atoms. The third-order valence-corrected chi connectivity index (χ3v) is 10.4. The van der Waals surface area contributed by atoms with Crippen molar-refractivity contribution in [2.24, 2.45) is 0 Å². The number of hydrogen-bond donors (Lipinski definition) is 0. The van der Waals surface area contributed by atoms with Crippen LogP contribution in [0.2, 0.25) is 0 Å². The minimum atomic E-state index is -0.317. The normalized spacial score (nSPS) is 22.0. The number of fused-ring (bicyclic) bond motifs is 1. The highest BCUT2D eigenvalue weighted by Crippen LogP contribution is 2.40. The van der Waals surface area contributed by atoms with Crippen LogP contribution in [0.15, 0.2) is 48.6 Å². The molecule has 0 saturated carbocycles. The Hall–Kier alpha value is -1.16. The summed E-state index contributed by atoms with van der Waals surface area (Å²) >= 11 is 0. The van der Waals surface area contributed by atoms with E-state index in [4.69, 9.17) is 9.47 Å². The van der Waals surface area contributed by atoms with Gasteiger partial charge in [-0.15, -0.1) is 0 Å². The molecular formula is C45H81NO2. The molecule has 0 N–H and O–H groups in total. The van der Waals surface area contributed by atoms with Gasteiger partial charge in [0, 0.05) is 25.9 Å². The van der Waals surface area contributed by atoms with Crippen molar-refractivity contribution in [1.29, 1.82) is 0 Å². The molecule has 0 aromatic carbocycles. The van der Waals surface area contributed by atoms with Crippen LogP contribution in [0.3, 0.4) is 0 Å². The molecule has 3 nitrogen and oxygen atoms in total. The largest absolute Gasteiger partial charge is 0.344 e. The van der Waals surface area contributed by atoms with Crippen molar-refractivity contribution in [2.75, 3.05) is 19.6 Å². The molecule has 0 unspecified atom stereocenters. The molecule has 0 radical (unpaired) electrons. The summed E-state index contributed by atoms with van der Waals surface area (Å²) in [5.41, 5.74) is 0. The number of unbranched alkanes of at least 4 members (excludes halogenated alkanes) is 18. The van der Waals surface area contributed by atoms with Crippen molar-refractivity contribution < 1.29 is 9.47 Å². The number of ether oxygens (including phenoxy) is 2. The molecule has 278 valence electrons. The van der Waals surface area contributed by atoms with Crippen LogP contribution in [-0.2, 0) is 9.47 Å². The standard InChI is InChI=1S/C45H81NO2/c1-4-7-9-11-13-15-17-19-21-23-25-27-29-31-33-35-38-45(47-43-37-41-46(40-6-3)42-44(43)48-45)39-36-34-32-30-28-26-24-22-20-18-16-14-12-10-8-5-2/h13-16,19-22,43-44H,4-12,17-18,23-42H2,1-3H3/t43-,44-,45?/m0/s1. The van der Waals surface area contributed by atoms with E-state index >= 15 is 0 Å². The summed E-state index contributed by atoms with van der Waals surface area (Å²) in [4.78, 5) is 2.60. The number of likely N-dealkylation sites (tertiary alicyclic amines) is 1. The van der Waals surface area contributed by atoms with Gasteiger partial charge in [0.15, 0.2) is 5.79 Å². The van der Waals surface area contributed by atoms with Crippen molar-refractivity contribution in [3.05, 3.63) is 48.6 Å². The number of rotatable bonds is 32. The van der Waals surface area contributed by atoms with Gasteiger partial charge in [-0.1, -0.05) is 146 Å². The highest BCUT2D eigenvalue weighted by atomic mass is 16.8. The molecule has 0 amide bonds. The van der Waals surface area contributed by atoms with Gasteiger partial charge < -0.3 is 14.4 Å². The highest BCUT2D eigenvalue weighted by molar-refractivity contribution is 4.94. The van der Waals surface area contributed by atoms with E-state index < -0.39 is 0 Å². The van der Waals surface area contributed by atoms with Crippen LogP contribution in [0.25, 0.3) is 0 Å². The third-order valence-electron chi connectivity index (χ3n) is 10.4. The fourth-order valence-electron chi connectivity index (χ4n) is 7.43. The SMILES string of the molecule is CCCCCC=CCC=CCCCCCCCCC1(CCCCCCCCC=CCC=CCCCCC)O[C@H]2CCN(CCC)C[C@@H]2O1. The van der Waals surface area contributed by atoms with Crippen LogP contribution in [-0.4, -0.2) is 42.5 Å². The van der Waals surface area contributed by atoms with E-state index in [0.29, 0.717) is 6.10 Å². The van der Waals surface area contributed by atoms with Crippen molar-refractivity contribution in [2.45, 2.75) is 219 Å². The van der Waals surface area contributed by atoms with Gasteiger partial charge in [-0.2, -0.15) is 0 Å². The second kappa shape index (κ2) is 30.6. The van der Waals surface area contributed by atoms with Gasteiger partial charge in [-0.3, -0.25) is 0 Å². The number of piperidine rings is 1. The number of nitrogens with zero attached hydrogens (tertiary/aromatic N) is 1. The van der Waals surface area contributed by atoms with E-state index in [9.17, 15) is 0 Å². The summed E-state index contributed by atoms with van der Waals surface area (Å²) in [5.74, 6) is -0.317. The van der Waals surface area contributed by atoms with Crippen LogP contribution < -0.4 is 0 Å². The van der Waals surface area contributed by atoms with Crippen LogP contribution in [0.1, 0.15) is 201 Å². The molecule has 2 aliphatic heterocycles. The summed E-state index contributed by atoms with van der Waals surface area (Å²) in [5, 5.41) is 0. The Morgan fingerprint density at radius 1 is 0.479 bits per heavy atom. The maximum Gasteiger partial charge on any atom is 0.169 e. The fourth-order valence-corrected chi connectivity index (χ4v) is 7.43. The molecule has 0 aromatic rings. The summed E-state index contributed by atoms with van der Waals surface area (Å²) in [6.45, 7) is 10.3. The van der Waals surface area contributed by atoms with Crippen molar-refractivity contribution >= 4 is 0 Å². The van der Waals surface area contributed by atoms with Gasteiger partial charge in [0.05, 0.1) is 12.2 Å². The third kappa shape index (κ3) is 21.8. The van der Waals surface area contributed by atoms with Crippen LogP contribution >= 0.6 is 0 Å². The lowest BCUT2D eigenvalue weighted by Gasteiger charge is -2.32. The van der Waals surface area contributed by atoms with Gasteiger partial charge in [0.1, 0.15) is 0 Å². The summed E-state index contributed by atoms with van der Waals surface area (Å²) in [7, 11) is 0. The Balaban J connectivity index is 1.58. The van der Waals surface area contributed by atoms with Crippen molar-refractivity contribution in [3.8, 4) is 0 Å². The number of hydrogen-bond acceptors (Lipinski definition) is 3. The average Bonchev–Trinajstić information content (AvgIpc) is 3.45. The molecule has 2 aliphatic rings. The van der Waals surface area contributed by atoms with E-state index in [1.807, 2.05) is 0 Å². The summed E-state index contributed by atoms with van der Waals surface area (Å²) < 4.78 is 13.7. The smallest absolute Gasteiger partial charge is 0.169 e. The minimum Gasteiger partial charge on any atom is -0.344 e. The van der Waals surface area contributed by atoms with Crippen molar-refractivity contribution in [1.82, 2.24) is 4.90 Å². The maximum atomic E-state index is 6.89. The second-order valence-corrected chi connectivity index (χ2v) is 15.0. The molecule has 2 rings (SSSR count). The van der Waals surface area contributed by atoms with Crippen LogP contribution in [0.5, 0.6) is 0 Å². The molecule has 0 aliphatic carbocycles. The molecule has 2 heterocycles. The lowest BCUT2D eigenvalue weighted by Crippen LogP contribution is -2.45. The molecule has 48 heavy (non-hydrogen) atoms. The monoisotopic (exact) mass is 668 g/mol. The van der Waals surface area contributed by atoms with Crippen molar-refractivity contribution in [3.63, 3.8) is 0 Å². The Morgan fingerprint density at radius 3 is 1.35 bits per heavy atom. The topological polar surface area (TPSA) is 21.7 Å². The lowest BCUT2D eigenvalue weighted by molar-refractivity contribution is -0.185. The van der Waals surface area contributed by atoms with Crippen LogP contribution in [0.4, 0.5) is 0 Å². The molecule has 2 saturated heterocycles. The van der Waals surface area contributed by atoms with E-state index in [1.54, 1.807) is 0 Å². The second-order valence-electron chi connectivity index (χ2n) is 15.0. The Morgan fingerprint density at radius 2 is 0.896 bits per heavy atom. The zero-order chi connectivity index (χ0) is 34.2. The van der Waals surface area contributed by atoms with E-state index in [0.717, 1.165) is 38.6 Å². The van der Waals surface area contributed by atoms with Crippen LogP contribution in [0, 0.1) is 0 Å². The van der Waals surface area contributed by atoms with E-state index in [-0.39, 0.29) is 11.9 Å². The molecule has 0 bridgehead atoms. The lowest BCUT2D eigenvalue weighted by atomic mass is 9.98. The fraction of sp³-hybridized carbons (Fsp3) is 0.822. The first kappa shape index (κ1) is 43.0. The van der Waals surface area contributed by atoms with Gasteiger partial charge in [0.2, 0.25) is 0 Å².